The molecule has 0 aliphatic heterocycles. The molecule has 2 heterocycles. The fourth-order valence-corrected chi connectivity index (χ4v) is 3.36. The van der Waals surface area contributed by atoms with Crippen LogP contribution in [0.15, 0.2) is 36.9 Å². The Morgan fingerprint density at radius 3 is 2.60 bits per heavy atom. The van der Waals surface area contributed by atoms with Crippen LogP contribution in [0.2, 0.25) is 5.02 Å². The van der Waals surface area contributed by atoms with Gasteiger partial charge in [0.15, 0.2) is 5.13 Å². The summed E-state index contributed by atoms with van der Waals surface area (Å²) in [6, 6.07) is 6.69. The van der Waals surface area contributed by atoms with Crippen LogP contribution in [0.4, 0.5) is 5.13 Å². The second-order valence-electron chi connectivity index (χ2n) is 5.15. The highest BCUT2D eigenvalue weighted by Crippen LogP contribution is 2.37. The summed E-state index contributed by atoms with van der Waals surface area (Å²) in [5, 5.41) is 8.85. The number of amides is 1. The normalized spacial score (nSPS) is 14.8. The molecular formula is C17H11ClN5OS. The first-order chi connectivity index (χ1) is 12.2. The van der Waals surface area contributed by atoms with Crippen molar-refractivity contribution in [2.24, 2.45) is 0 Å². The predicted octanol–water partition coefficient (Wildman–Crippen LogP) is 3.38. The second kappa shape index (κ2) is 6.93. The van der Waals surface area contributed by atoms with Crippen LogP contribution in [0, 0.1) is 31.6 Å². The number of hydrogen-bond acceptors (Lipinski definition) is 5. The SMILES string of the molecule is O=C(Nc1nc([C]2[CH][CH][CH][CH]2)c(-n2cncn2)s1)c1ccc(Cl)cc1. The van der Waals surface area contributed by atoms with Gasteiger partial charge in [-0.2, -0.15) is 5.10 Å². The highest BCUT2D eigenvalue weighted by molar-refractivity contribution is 7.18. The van der Waals surface area contributed by atoms with Crippen LogP contribution in [0.25, 0.3) is 5.00 Å². The molecule has 0 spiro atoms. The zero-order valence-electron chi connectivity index (χ0n) is 12.8. The topological polar surface area (TPSA) is 72.7 Å². The number of thiazole rings is 1. The van der Waals surface area contributed by atoms with E-state index in [-0.39, 0.29) is 5.91 Å². The predicted molar refractivity (Wildman–Crippen MR) is 96.0 cm³/mol. The van der Waals surface area contributed by atoms with Gasteiger partial charge in [0.2, 0.25) is 0 Å². The van der Waals surface area contributed by atoms with E-state index < -0.39 is 0 Å². The summed E-state index contributed by atoms with van der Waals surface area (Å²) in [5.41, 5.74) is 1.25. The molecule has 8 heteroatoms. The van der Waals surface area contributed by atoms with Crippen molar-refractivity contribution in [3.63, 3.8) is 0 Å². The quantitative estimate of drug-likeness (QED) is 0.766. The van der Waals surface area contributed by atoms with Gasteiger partial charge in [-0.05, 0) is 49.9 Å². The fourth-order valence-electron chi connectivity index (χ4n) is 2.32. The lowest BCUT2D eigenvalue weighted by Gasteiger charge is -2.06. The van der Waals surface area contributed by atoms with Gasteiger partial charge in [0.1, 0.15) is 17.7 Å². The van der Waals surface area contributed by atoms with Crippen molar-refractivity contribution in [1.82, 2.24) is 19.7 Å². The largest absolute Gasteiger partial charge is 0.298 e. The molecule has 25 heavy (non-hydrogen) atoms. The Labute approximate surface area is 153 Å². The lowest BCUT2D eigenvalue weighted by Crippen LogP contribution is -2.11. The Kier molecular flexibility index (Phi) is 4.50. The van der Waals surface area contributed by atoms with Crippen LogP contribution in [0.3, 0.4) is 0 Å². The van der Waals surface area contributed by atoms with Gasteiger partial charge < -0.3 is 0 Å². The third kappa shape index (κ3) is 3.43. The van der Waals surface area contributed by atoms with E-state index >= 15 is 0 Å². The Morgan fingerprint density at radius 2 is 1.92 bits per heavy atom. The van der Waals surface area contributed by atoms with E-state index in [9.17, 15) is 4.79 Å². The Hall–Kier alpha value is -2.25. The maximum Gasteiger partial charge on any atom is 0.257 e. The van der Waals surface area contributed by atoms with Crippen LogP contribution in [-0.4, -0.2) is 25.7 Å². The summed E-state index contributed by atoms with van der Waals surface area (Å²) < 4.78 is 1.64. The van der Waals surface area contributed by atoms with Crippen LogP contribution in [0.1, 0.15) is 16.1 Å². The number of anilines is 1. The molecule has 1 amide bonds. The van der Waals surface area contributed by atoms with Gasteiger partial charge in [0, 0.05) is 16.5 Å². The number of halogens is 1. The van der Waals surface area contributed by atoms with Crippen molar-refractivity contribution in [3.05, 3.63) is 84.8 Å². The molecule has 2 aromatic heterocycles. The maximum absolute atomic E-state index is 12.4. The molecule has 1 fully saturated rings. The van der Waals surface area contributed by atoms with Gasteiger partial charge in [0.25, 0.3) is 5.91 Å². The number of benzene rings is 1. The molecular weight excluding hydrogens is 358 g/mol. The summed E-state index contributed by atoms with van der Waals surface area (Å²) in [5.74, 6) is 0.707. The van der Waals surface area contributed by atoms with Gasteiger partial charge in [0.05, 0.1) is 5.69 Å². The van der Waals surface area contributed by atoms with Gasteiger partial charge in [-0.1, -0.05) is 22.9 Å². The van der Waals surface area contributed by atoms with Crippen molar-refractivity contribution in [1.29, 1.82) is 0 Å². The zero-order chi connectivity index (χ0) is 17.2. The smallest absolute Gasteiger partial charge is 0.257 e. The maximum atomic E-state index is 12.4. The number of hydrogen-bond donors (Lipinski definition) is 1. The summed E-state index contributed by atoms with van der Waals surface area (Å²) in [4.78, 5) is 20.9. The van der Waals surface area contributed by atoms with Crippen molar-refractivity contribution < 1.29 is 4.79 Å². The highest BCUT2D eigenvalue weighted by atomic mass is 35.5. The molecule has 1 aromatic carbocycles. The van der Waals surface area contributed by atoms with Gasteiger partial charge in [-0.15, -0.1) is 0 Å². The van der Waals surface area contributed by atoms with E-state index in [2.05, 4.69) is 20.4 Å². The molecule has 1 aliphatic carbocycles. The first kappa shape index (κ1) is 16.2. The first-order valence-electron chi connectivity index (χ1n) is 7.35. The third-order valence-electron chi connectivity index (χ3n) is 3.50. The number of carbonyl (C=O) groups excluding carboxylic acids is 1. The molecule has 5 radical (unpaired) electrons. The first-order valence-corrected chi connectivity index (χ1v) is 8.55. The fraction of sp³-hybridized carbons (Fsp3) is 0. The number of carbonyl (C=O) groups is 1. The average molecular weight is 369 g/mol. The molecule has 1 aliphatic rings. The van der Waals surface area contributed by atoms with Gasteiger partial charge in [-0.25, -0.2) is 14.6 Å². The third-order valence-corrected chi connectivity index (χ3v) is 4.71. The molecule has 0 atom stereocenters. The van der Waals surface area contributed by atoms with Gasteiger partial charge >= 0.3 is 0 Å². The van der Waals surface area contributed by atoms with Crippen LogP contribution >= 0.6 is 22.9 Å². The van der Waals surface area contributed by atoms with Crippen molar-refractivity contribution >= 4 is 34.0 Å². The molecule has 123 valence electrons. The minimum atomic E-state index is -0.246. The van der Waals surface area contributed by atoms with E-state index in [1.165, 1.54) is 17.7 Å². The van der Waals surface area contributed by atoms with Gasteiger partial charge in [-0.3, -0.25) is 10.1 Å². The second-order valence-corrected chi connectivity index (χ2v) is 6.56. The Bertz CT molecular complexity index is 869. The van der Waals surface area contributed by atoms with Crippen LogP contribution in [0.5, 0.6) is 0 Å². The standard InChI is InChI=1S/C17H11ClN5OS/c18-13-7-5-12(6-8-13)15(24)22-17-21-14(11-3-1-2-4-11)16(25-17)23-10-19-9-20-23/h1-10H,(H,21,22,24). The monoisotopic (exact) mass is 368 g/mol. The van der Waals surface area contributed by atoms with Crippen molar-refractivity contribution in [2.45, 2.75) is 0 Å². The molecule has 0 unspecified atom stereocenters. The molecule has 1 N–H and O–H groups in total. The minimum Gasteiger partial charge on any atom is -0.298 e. The van der Waals surface area contributed by atoms with E-state index in [0.717, 1.165) is 16.6 Å². The van der Waals surface area contributed by atoms with Crippen molar-refractivity contribution in [3.8, 4) is 5.00 Å². The molecule has 1 saturated carbocycles. The van der Waals surface area contributed by atoms with E-state index in [1.807, 2.05) is 25.7 Å². The lowest BCUT2D eigenvalue weighted by atomic mass is 10.1. The number of nitrogens with zero attached hydrogens (tertiary/aromatic N) is 4. The number of rotatable bonds is 4. The zero-order valence-corrected chi connectivity index (χ0v) is 14.3. The van der Waals surface area contributed by atoms with E-state index in [4.69, 9.17) is 11.6 Å². The Morgan fingerprint density at radius 1 is 1.16 bits per heavy atom. The summed E-state index contributed by atoms with van der Waals surface area (Å²) in [7, 11) is 0. The molecule has 4 rings (SSSR count). The average Bonchev–Trinajstić information content (AvgIpc) is 3.36. The van der Waals surface area contributed by atoms with E-state index in [0.29, 0.717) is 15.7 Å². The van der Waals surface area contributed by atoms with E-state index in [1.54, 1.807) is 35.3 Å². The summed E-state index contributed by atoms with van der Waals surface area (Å²) in [6.45, 7) is 0. The molecule has 0 saturated heterocycles. The minimum absolute atomic E-state index is 0.246. The highest BCUT2D eigenvalue weighted by Gasteiger charge is 2.27. The number of aromatic nitrogens is 4. The van der Waals surface area contributed by atoms with Crippen molar-refractivity contribution in [2.75, 3.05) is 5.32 Å². The molecule has 6 nitrogen and oxygen atoms in total. The molecule has 3 aromatic rings. The molecule has 0 bridgehead atoms. The summed E-state index contributed by atoms with van der Waals surface area (Å²) in [6.07, 6.45) is 10.9. The van der Waals surface area contributed by atoms with Crippen LogP contribution < -0.4 is 5.32 Å². The number of nitrogens with one attached hydrogen (secondary N) is 1. The van der Waals surface area contributed by atoms with Crippen LogP contribution in [-0.2, 0) is 0 Å². The summed E-state index contributed by atoms with van der Waals surface area (Å²) >= 11 is 7.19. The Balaban J connectivity index is 1.62. The lowest BCUT2D eigenvalue weighted by molar-refractivity contribution is 0.102.